The quantitative estimate of drug-likeness (QED) is 0.532. The lowest BCUT2D eigenvalue weighted by atomic mass is 10.0. The van der Waals surface area contributed by atoms with Crippen molar-refractivity contribution < 1.29 is 9.46 Å². The van der Waals surface area contributed by atoms with E-state index in [1.165, 1.54) is 25.7 Å². The van der Waals surface area contributed by atoms with Gasteiger partial charge >= 0.3 is 8.03 Å². The Kier molecular flexibility index (Phi) is 7.07. The zero-order chi connectivity index (χ0) is 12.5. The molecular weight excluding hydrogens is 231 g/mol. The Morgan fingerprint density at radius 3 is 2.35 bits per heavy atom. The largest absolute Gasteiger partial charge is 0.513 e. The molecule has 1 aromatic rings. The zero-order valence-corrected chi connectivity index (χ0v) is 11.4. The molecule has 0 aliphatic rings. The van der Waals surface area contributed by atoms with E-state index >= 15 is 0 Å². The standard InChI is InChI=1S/C14H21O2P/c1-2-3-4-5-9-12-14(17(15)16)13-10-7-6-8-11-13/h6-8,10-11,14H,2-5,9,12H2,1H3/p+1. The van der Waals surface area contributed by atoms with Gasteiger partial charge in [0.25, 0.3) is 0 Å². The normalized spacial score (nSPS) is 13.4. The van der Waals surface area contributed by atoms with Gasteiger partial charge in [0, 0.05) is 12.0 Å². The fraction of sp³-hybridized carbons (Fsp3) is 0.571. The van der Waals surface area contributed by atoms with Gasteiger partial charge in [0.05, 0.1) is 0 Å². The highest BCUT2D eigenvalue weighted by molar-refractivity contribution is 7.38. The third-order valence-corrected chi connectivity index (χ3v) is 4.12. The molecule has 0 aliphatic heterocycles. The molecule has 3 heteroatoms. The molecule has 0 bridgehead atoms. The van der Waals surface area contributed by atoms with Gasteiger partial charge in [0.15, 0.2) is 0 Å². The van der Waals surface area contributed by atoms with Crippen molar-refractivity contribution >= 4 is 8.03 Å². The van der Waals surface area contributed by atoms with Gasteiger partial charge in [-0.25, -0.2) is 0 Å². The molecule has 2 unspecified atom stereocenters. The molecule has 0 saturated heterocycles. The summed E-state index contributed by atoms with van der Waals surface area (Å²) in [5.41, 5.74) is 0.805. The van der Waals surface area contributed by atoms with Gasteiger partial charge < -0.3 is 0 Å². The van der Waals surface area contributed by atoms with Gasteiger partial charge in [-0.05, 0) is 11.0 Å². The summed E-state index contributed by atoms with van der Waals surface area (Å²) in [4.78, 5) is 9.38. The van der Waals surface area contributed by atoms with Crippen molar-refractivity contribution in [1.29, 1.82) is 0 Å². The van der Waals surface area contributed by atoms with Crippen LogP contribution in [0.5, 0.6) is 0 Å². The van der Waals surface area contributed by atoms with Crippen molar-refractivity contribution in [2.24, 2.45) is 0 Å². The van der Waals surface area contributed by atoms with Crippen LogP contribution in [0.4, 0.5) is 0 Å². The second kappa shape index (κ2) is 8.38. The maximum atomic E-state index is 11.4. The molecule has 1 rings (SSSR count). The second-order valence-electron chi connectivity index (χ2n) is 4.43. The van der Waals surface area contributed by atoms with Crippen molar-refractivity contribution in [2.75, 3.05) is 0 Å². The minimum atomic E-state index is -2.11. The average molecular weight is 253 g/mol. The summed E-state index contributed by atoms with van der Waals surface area (Å²) < 4.78 is 11.4. The van der Waals surface area contributed by atoms with E-state index in [9.17, 15) is 9.46 Å². The third kappa shape index (κ3) is 5.43. The summed E-state index contributed by atoms with van der Waals surface area (Å²) in [5, 5.41) is 0. The fourth-order valence-corrected chi connectivity index (χ4v) is 2.85. The van der Waals surface area contributed by atoms with Gasteiger partial charge in [0.2, 0.25) is 5.66 Å². The Hall–Kier alpha value is -0.720. The lowest BCUT2D eigenvalue weighted by Gasteiger charge is -2.05. The van der Waals surface area contributed by atoms with Crippen LogP contribution in [-0.4, -0.2) is 4.89 Å². The van der Waals surface area contributed by atoms with Crippen LogP contribution in [0.2, 0.25) is 0 Å². The van der Waals surface area contributed by atoms with Crippen molar-refractivity contribution in [2.45, 2.75) is 51.1 Å². The Morgan fingerprint density at radius 1 is 1.12 bits per heavy atom. The predicted molar refractivity (Wildman–Crippen MR) is 72.4 cm³/mol. The molecule has 94 valence electrons. The van der Waals surface area contributed by atoms with E-state index in [0.717, 1.165) is 18.4 Å². The van der Waals surface area contributed by atoms with Crippen LogP contribution in [0, 0.1) is 0 Å². The molecule has 0 fully saturated rings. The second-order valence-corrected chi connectivity index (χ2v) is 5.66. The highest BCUT2D eigenvalue weighted by Crippen LogP contribution is 2.41. The highest BCUT2D eigenvalue weighted by atomic mass is 31.1. The van der Waals surface area contributed by atoms with Crippen LogP contribution in [0.1, 0.15) is 56.7 Å². The summed E-state index contributed by atoms with van der Waals surface area (Å²) in [6.45, 7) is 2.19. The summed E-state index contributed by atoms with van der Waals surface area (Å²) in [7, 11) is -2.11. The number of unbranched alkanes of at least 4 members (excludes halogenated alkanes) is 4. The average Bonchev–Trinajstić information content (AvgIpc) is 2.34. The Morgan fingerprint density at radius 2 is 1.76 bits per heavy atom. The van der Waals surface area contributed by atoms with E-state index < -0.39 is 8.03 Å². The fourth-order valence-electron chi connectivity index (χ4n) is 2.02. The third-order valence-electron chi connectivity index (χ3n) is 3.03. The van der Waals surface area contributed by atoms with Crippen molar-refractivity contribution in [1.82, 2.24) is 0 Å². The molecule has 2 nitrogen and oxygen atoms in total. The molecule has 0 aliphatic carbocycles. The summed E-state index contributed by atoms with van der Waals surface area (Å²) in [6, 6.07) is 9.68. The first kappa shape index (κ1) is 14.3. The van der Waals surface area contributed by atoms with E-state index in [1.807, 2.05) is 30.3 Å². The van der Waals surface area contributed by atoms with Crippen LogP contribution >= 0.6 is 8.03 Å². The predicted octanol–water partition coefficient (Wildman–Crippen LogP) is 4.82. The van der Waals surface area contributed by atoms with E-state index in [4.69, 9.17) is 0 Å². The first-order valence-corrected chi connectivity index (χ1v) is 7.74. The van der Waals surface area contributed by atoms with E-state index in [-0.39, 0.29) is 5.66 Å². The molecule has 17 heavy (non-hydrogen) atoms. The van der Waals surface area contributed by atoms with Gasteiger partial charge in [-0.2, -0.15) is 4.89 Å². The topological polar surface area (TPSA) is 37.3 Å². The van der Waals surface area contributed by atoms with Crippen LogP contribution < -0.4 is 0 Å². The van der Waals surface area contributed by atoms with Crippen LogP contribution in [0.3, 0.4) is 0 Å². The van der Waals surface area contributed by atoms with Gasteiger partial charge in [-0.3, -0.25) is 0 Å². The zero-order valence-electron chi connectivity index (χ0n) is 10.5. The van der Waals surface area contributed by atoms with Crippen molar-refractivity contribution in [3.05, 3.63) is 35.9 Å². The Balaban J connectivity index is 2.42. The van der Waals surface area contributed by atoms with Gasteiger partial charge in [-0.15, -0.1) is 0 Å². The highest BCUT2D eigenvalue weighted by Gasteiger charge is 2.29. The molecule has 0 aromatic heterocycles. The molecule has 0 radical (unpaired) electrons. The molecule has 0 spiro atoms. The maximum absolute atomic E-state index is 11.4. The molecular formula is C14H22O2P+. The maximum Gasteiger partial charge on any atom is 0.513 e. The van der Waals surface area contributed by atoms with Crippen molar-refractivity contribution in [3.63, 3.8) is 0 Å². The van der Waals surface area contributed by atoms with Crippen LogP contribution in [0.25, 0.3) is 0 Å². The Labute approximate surface area is 105 Å². The smallest absolute Gasteiger partial charge is 0.160 e. The minimum Gasteiger partial charge on any atom is -0.160 e. The number of hydrogen-bond acceptors (Lipinski definition) is 1. The van der Waals surface area contributed by atoms with Gasteiger partial charge in [-0.1, -0.05) is 62.9 Å². The lowest BCUT2D eigenvalue weighted by molar-refractivity contribution is 0.480. The SMILES string of the molecule is CCCCCCCC(c1ccccc1)[P+](=O)O. The number of hydrogen-bond donors (Lipinski definition) is 1. The Bertz CT molecular complexity index is 324. The molecule has 0 saturated carbocycles. The summed E-state index contributed by atoms with van der Waals surface area (Å²) in [6.07, 6.45) is 6.76. The first-order chi connectivity index (χ1) is 8.25. The summed E-state index contributed by atoms with van der Waals surface area (Å²) in [5.74, 6) is 0. The lowest BCUT2D eigenvalue weighted by Crippen LogP contribution is -1.94. The first-order valence-electron chi connectivity index (χ1n) is 6.46. The minimum absolute atomic E-state index is 0.187. The molecule has 2 atom stereocenters. The van der Waals surface area contributed by atoms with Gasteiger partial charge in [0.1, 0.15) is 0 Å². The molecule has 1 N–H and O–H groups in total. The molecule has 0 heterocycles. The number of benzene rings is 1. The van der Waals surface area contributed by atoms with Crippen LogP contribution in [0.15, 0.2) is 30.3 Å². The van der Waals surface area contributed by atoms with E-state index in [1.54, 1.807) is 0 Å². The monoisotopic (exact) mass is 253 g/mol. The van der Waals surface area contributed by atoms with E-state index in [0.29, 0.717) is 0 Å². The van der Waals surface area contributed by atoms with E-state index in [2.05, 4.69) is 6.92 Å². The van der Waals surface area contributed by atoms with Crippen LogP contribution in [-0.2, 0) is 4.57 Å². The van der Waals surface area contributed by atoms with Crippen molar-refractivity contribution in [3.8, 4) is 0 Å². The number of rotatable bonds is 8. The summed E-state index contributed by atoms with van der Waals surface area (Å²) >= 11 is 0. The molecule has 0 amide bonds. The molecule has 1 aromatic carbocycles.